The Bertz CT molecular complexity index is 609. The van der Waals surface area contributed by atoms with Crippen LogP contribution in [-0.4, -0.2) is 18.4 Å². The molecule has 0 saturated heterocycles. The Balaban J connectivity index is 1.92. The lowest BCUT2D eigenvalue weighted by molar-refractivity contribution is -0.115. The molecule has 4 nitrogen and oxygen atoms in total. The van der Waals surface area contributed by atoms with Crippen LogP contribution >= 0.6 is 11.3 Å². The van der Waals surface area contributed by atoms with Gasteiger partial charge in [0.25, 0.3) is 5.91 Å². The van der Waals surface area contributed by atoms with Crippen molar-refractivity contribution in [3.05, 3.63) is 52.2 Å². The molecule has 0 bridgehead atoms. The Morgan fingerprint density at radius 3 is 2.40 bits per heavy atom. The molecule has 0 fully saturated rings. The summed E-state index contributed by atoms with van der Waals surface area (Å²) in [5, 5.41) is 6.16. The van der Waals surface area contributed by atoms with Gasteiger partial charge in [0.15, 0.2) is 0 Å². The van der Waals surface area contributed by atoms with Crippen LogP contribution in [0.3, 0.4) is 0 Å². The van der Waals surface area contributed by atoms with Gasteiger partial charge in [0, 0.05) is 0 Å². The number of hydrogen-bond acceptors (Lipinski definition) is 3. The molecule has 0 atom stereocenters. The highest BCUT2D eigenvalue weighted by Crippen LogP contribution is 2.17. The molecule has 104 valence electrons. The van der Waals surface area contributed by atoms with Gasteiger partial charge in [-0.1, -0.05) is 12.1 Å². The van der Waals surface area contributed by atoms with Crippen LogP contribution in [0.4, 0.5) is 14.5 Å². The van der Waals surface area contributed by atoms with Crippen molar-refractivity contribution in [1.82, 2.24) is 5.32 Å². The van der Waals surface area contributed by atoms with Gasteiger partial charge in [-0.05, 0) is 23.6 Å². The first-order chi connectivity index (χ1) is 9.58. The lowest BCUT2D eigenvalue weighted by atomic mass is 10.3. The van der Waals surface area contributed by atoms with Crippen LogP contribution in [0.2, 0.25) is 0 Å². The smallest absolute Gasteiger partial charge is 0.261 e. The summed E-state index contributed by atoms with van der Waals surface area (Å²) in [6.45, 7) is -0.371. The SMILES string of the molecule is O=C(CNC(=O)c1cccs1)Nc1c(F)cccc1F. The number of para-hydroxylation sites is 1. The molecule has 2 N–H and O–H groups in total. The highest BCUT2D eigenvalue weighted by molar-refractivity contribution is 7.12. The van der Waals surface area contributed by atoms with Crippen molar-refractivity contribution in [2.24, 2.45) is 0 Å². The molecule has 0 aliphatic heterocycles. The van der Waals surface area contributed by atoms with Crippen molar-refractivity contribution >= 4 is 28.8 Å². The standard InChI is InChI=1S/C13H10F2N2O2S/c14-8-3-1-4-9(15)12(8)17-11(18)7-16-13(19)10-5-2-6-20-10/h1-6H,7H2,(H,16,19)(H,17,18). The average Bonchev–Trinajstić information content (AvgIpc) is 2.94. The minimum absolute atomic E-state index is 0.371. The Morgan fingerprint density at radius 1 is 1.10 bits per heavy atom. The normalized spacial score (nSPS) is 10.1. The second kappa shape index (κ2) is 6.25. The second-order valence-electron chi connectivity index (χ2n) is 3.80. The van der Waals surface area contributed by atoms with E-state index in [1.54, 1.807) is 17.5 Å². The first kappa shape index (κ1) is 14.1. The molecular weight excluding hydrogens is 286 g/mol. The summed E-state index contributed by atoms with van der Waals surface area (Å²) in [5.74, 6) is -2.87. The maximum Gasteiger partial charge on any atom is 0.261 e. The Kier molecular flexibility index (Phi) is 4.41. The van der Waals surface area contributed by atoms with Gasteiger partial charge in [0.05, 0.1) is 11.4 Å². The molecule has 2 amide bonds. The molecule has 0 saturated carbocycles. The third-order valence-corrected chi connectivity index (χ3v) is 3.25. The quantitative estimate of drug-likeness (QED) is 0.910. The van der Waals surface area contributed by atoms with Crippen molar-refractivity contribution in [3.8, 4) is 0 Å². The lowest BCUT2D eigenvalue weighted by Crippen LogP contribution is -2.32. The van der Waals surface area contributed by atoms with Crippen molar-refractivity contribution in [2.75, 3.05) is 11.9 Å². The molecule has 0 spiro atoms. The molecular formula is C13H10F2N2O2S. The number of carbonyl (C=O) groups is 2. The van der Waals surface area contributed by atoms with Crippen molar-refractivity contribution in [1.29, 1.82) is 0 Å². The minimum Gasteiger partial charge on any atom is -0.342 e. The van der Waals surface area contributed by atoms with Gasteiger partial charge in [-0.2, -0.15) is 0 Å². The van der Waals surface area contributed by atoms with E-state index in [0.717, 1.165) is 12.1 Å². The minimum atomic E-state index is -0.872. The van der Waals surface area contributed by atoms with Crippen LogP contribution in [0, 0.1) is 11.6 Å². The number of amides is 2. The third-order valence-electron chi connectivity index (χ3n) is 2.38. The zero-order valence-corrected chi connectivity index (χ0v) is 11.0. The Hall–Kier alpha value is -2.28. The molecule has 20 heavy (non-hydrogen) atoms. The summed E-state index contributed by atoms with van der Waals surface area (Å²) in [7, 11) is 0. The van der Waals surface area contributed by atoms with Crippen LogP contribution in [0.5, 0.6) is 0 Å². The van der Waals surface area contributed by atoms with Crippen molar-refractivity contribution in [3.63, 3.8) is 0 Å². The number of anilines is 1. The summed E-state index contributed by atoms with van der Waals surface area (Å²) in [5.41, 5.74) is -0.525. The van der Waals surface area contributed by atoms with Gasteiger partial charge in [-0.3, -0.25) is 9.59 Å². The fraction of sp³-hybridized carbons (Fsp3) is 0.0769. The van der Waals surface area contributed by atoms with Gasteiger partial charge in [-0.15, -0.1) is 11.3 Å². The highest BCUT2D eigenvalue weighted by atomic mass is 32.1. The average molecular weight is 296 g/mol. The largest absolute Gasteiger partial charge is 0.342 e. The highest BCUT2D eigenvalue weighted by Gasteiger charge is 2.13. The number of carbonyl (C=O) groups excluding carboxylic acids is 2. The lowest BCUT2D eigenvalue weighted by Gasteiger charge is -2.08. The van der Waals surface area contributed by atoms with Gasteiger partial charge in [-0.25, -0.2) is 8.78 Å². The van der Waals surface area contributed by atoms with Crippen LogP contribution < -0.4 is 10.6 Å². The van der Waals surface area contributed by atoms with E-state index >= 15 is 0 Å². The number of thiophene rings is 1. The van der Waals surface area contributed by atoms with Crippen molar-refractivity contribution in [2.45, 2.75) is 0 Å². The topological polar surface area (TPSA) is 58.2 Å². The van der Waals surface area contributed by atoms with E-state index in [0.29, 0.717) is 4.88 Å². The zero-order valence-electron chi connectivity index (χ0n) is 10.2. The molecule has 0 radical (unpaired) electrons. The van der Waals surface area contributed by atoms with E-state index in [-0.39, 0.29) is 6.54 Å². The molecule has 1 heterocycles. The molecule has 1 aromatic heterocycles. The van der Waals surface area contributed by atoms with Crippen molar-refractivity contribution < 1.29 is 18.4 Å². The summed E-state index contributed by atoms with van der Waals surface area (Å²) < 4.78 is 26.6. The maximum absolute atomic E-state index is 13.3. The van der Waals surface area contributed by atoms with Gasteiger partial charge >= 0.3 is 0 Å². The van der Waals surface area contributed by atoms with Gasteiger partial charge < -0.3 is 10.6 Å². The van der Waals surface area contributed by atoms with Crippen LogP contribution in [0.1, 0.15) is 9.67 Å². The van der Waals surface area contributed by atoms with E-state index < -0.39 is 29.1 Å². The molecule has 0 aliphatic carbocycles. The first-order valence-electron chi connectivity index (χ1n) is 5.63. The number of rotatable bonds is 4. The van der Waals surface area contributed by atoms with Crippen LogP contribution in [0.15, 0.2) is 35.7 Å². The van der Waals surface area contributed by atoms with Crippen LogP contribution in [0.25, 0.3) is 0 Å². The van der Waals surface area contributed by atoms with E-state index in [1.807, 2.05) is 0 Å². The summed E-state index contributed by atoms with van der Waals surface area (Å²) in [4.78, 5) is 23.6. The fourth-order valence-corrected chi connectivity index (χ4v) is 2.10. The zero-order chi connectivity index (χ0) is 14.5. The van der Waals surface area contributed by atoms with Gasteiger partial charge in [0.1, 0.15) is 17.3 Å². The number of benzene rings is 1. The first-order valence-corrected chi connectivity index (χ1v) is 6.51. The molecule has 0 aliphatic rings. The molecule has 0 unspecified atom stereocenters. The number of hydrogen-bond donors (Lipinski definition) is 2. The molecule has 7 heteroatoms. The van der Waals surface area contributed by atoms with E-state index in [9.17, 15) is 18.4 Å². The summed E-state index contributed by atoms with van der Waals surface area (Å²) in [6, 6.07) is 6.56. The van der Waals surface area contributed by atoms with Gasteiger partial charge in [0.2, 0.25) is 5.91 Å². The third kappa shape index (κ3) is 3.39. The second-order valence-corrected chi connectivity index (χ2v) is 4.75. The Labute approximate surface area is 117 Å². The molecule has 2 aromatic rings. The summed E-state index contributed by atoms with van der Waals surface area (Å²) >= 11 is 1.23. The number of nitrogens with one attached hydrogen (secondary N) is 2. The molecule has 1 aromatic carbocycles. The van der Waals surface area contributed by atoms with E-state index in [4.69, 9.17) is 0 Å². The predicted molar refractivity (Wildman–Crippen MR) is 71.6 cm³/mol. The van der Waals surface area contributed by atoms with Crippen LogP contribution in [-0.2, 0) is 4.79 Å². The molecule has 2 rings (SSSR count). The van der Waals surface area contributed by atoms with E-state index in [2.05, 4.69) is 10.6 Å². The monoisotopic (exact) mass is 296 g/mol. The van der Waals surface area contributed by atoms with E-state index in [1.165, 1.54) is 17.4 Å². The predicted octanol–water partition coefficient (Wildman–Crippen LogP) is 2.39. The maximum atomic E-state index is 13.3. The fourth-order valence-electron chi connectivity index (χ4n) is 1.46. The number of halogens is 2. The summed E-state index contributed by atoms with van der Waals surface area (Å²) in [6.07, 6.45) is 0. The Morgan fingerprint density at radius 2 is 1.80 bits per heavy atom.